The van der Waals surface area contributed by atoms with Crippen LogP contribution < -0.4 is 5.32 Å². The highest BCUT2D eigenvalue weighted by Gasteiger charge is 2.38. The standard InChI is InChI=1S/C17H32N4O/c1-3-4-15-11-16(15)19-17(18-2)21-6-5-14(13-21)12-20-7-9-22-10-8-20/h14-16H,3-13H2,1-2H3,(H,18,19). The number of ether oxygens (including phenoxy) is 1. The number of likely N-dealkylation sites (tertiary alicyclic amines) is 1. The average Bonchev–Trinajstić information content (AvgIpc) is 3.10. The summed E-state index contributed by atoms with van der Waals surface area (Å²) in [5.41, 5.74) is 0. The maximum Gasteiger partial charge on any atom is 0.193 e. The van der Waals surface area contributed by atoms with Gasteiger partial charge >= 0.3 is 0 Å². The van der Waals surface area contributed by atoms with E-state index in [4.69, 9.17) is 4.74 Å². The van der Waals surface area contributed by atoms with Crippen LogP contribution in [-0.2, 0) is 4.74 Å². The Hall–Kier alpha value is -0.810. The molecule has 2 aliphatic heterocycles. The molecule has 126 valence electrons. The van der Waals surface area contributed by atoms with Crippen molar-refractivity contribution < 1.29 is 4.74 Å². The van der Waals surface area contributed by atoms with Crippen molar-refractivity contribution in [3.05, 3.63) is 0 Å². The number of morpholine rings is 1. The van der Waals surface area contributed by atoms with E-state index in [1.807, 2.05) is 7.05 Å². The normalized spacial score (nSPS) is 33.3. The zero-order valence-electron chi connectivity index (χ0n) is 14.3. The van der Waals surface area contributed by atoms with Gasteiger partial charge in [0.25, 0.3) is 0 Å². The van der Waals surface area contributed by atoms with Crippen molar-refractivity contribution in [1.82, 2.24) is 15.1 Å². The molecule has 3 rings (SSSR count). The van der Waals surface area contributed by atoms with Crippen LogP contribution in [0.3, 0.4) is 0 Å². The monoisotopic (exact) mass is 308 g/mol. The molecular formula is C17H32N4O. The van der Waals surface area contributed by atoms with Crippen LogP contribution in [0.4, 0.5) is 0 Å². The molecule has 0 aromatic heterocycles. The second-order valence-electron chi connectivity index (χ2n) is 7.10. The predicted octanol–water partition coefficient (Wildman–Crippen LogP) is 1.40. The van der Waals surface area contributed by atoms with Gasteiger partial charge in [-0.25, -0.2) is 0 Å². The van der Waals surface area contributed by atoms with E-state index in [1.165, 1.54) is 32.2 Å². The minimum atomic E-state index is 0.678. The molecule has 3 unspecified atom stereocenters. The maximum absolute atomic E-state index is 5.44. The summed E-state index contributed by atoms with van der Waals surface area (Å²) in [4.78, 5) is 9.55. The minimum absolute atomic E-state index is 0.678. The molecule has 2 heterocycles. The van der Waals surface area contributed by atoms with Crippen LogP contribution in [0, 0.1) is 11.8 Å². The van der Waals surface area contributed by atoms with Crippen LogP contribution in [0.5, 0.6) is 0 Å². The Morgan fingerprint density at radius 2 is 2.09 bits per heavy atom. The Kier molecular flexibility index (Phi) is 5.58. The molecule has 5 nitrogen and oxygen atoms in total. The first-order valence-corrected chi connectivity index (χ1v) is 9.08. The average molecular weight is 308 g/mol. The Labute approximate surface area is 135 Å². The molecule has 1 saturated carbocycles. The molecule has 0 amide bonds. The second kappa shape index (κ2) is 7.64. The highest BCUT2D eigenvalue weighted by Crippen LogP contribution is 2.34. The molecule has 5 heteroatoms. The molecule has 0 aromatic rings. The third-order valence-corrected chi connectivity index (χ3v) is 5.31. The van der Waals surface area contributed by atoms with Gasteiger partial charge in [0.15, 0.2) is 5.96 Å². The van der Waals surface area contributed by atoms with Crippen molar-refractivity contribution in [2.45, 2.75) is 38.6 Å². The molecule has 0 radical (unpaired) electrons. The van der Waals surface area contributed by atoms with Gasteiger partial charge in [0.05, 0.1) is 13.2 Å². The fourth-order valence-electron chi connectivity index (χ4n) is 3.90. The van der Waals surface area contributed by atoms with Crippen molar-refractivity contribution in [2.75, 3.05) is 53.0 Å². The van der Waals surface area contributed by atoms with Crippen LogP contribution in [-0.4, -0.2) is 74.8 Å². The van der Waals surface area contributed by atoms with Gasteiger partial charge in [-0.3, -0.25) is 9.89 Å². The summed E-state index contributed by atoms with van der Waals surface area (Å²) in [5, 5.41) is 3.68. The maximum atomic E-state index is 5.44. The van der Waals surface area contributed by atoms with Crippen LogP contribution in [0.1, 0.15) is 32.6 Å². The lowest BCUT2D eigenvalue weighted by atomic mass is 10.1. The summed E-state index contributed by atoms with van der Waals surface area (Å²) in [6.07, 6.45) is 5.28. The van der Waals surface area contributed by atoms with Crippen molar-refractivity contribution in [3.63, 3.8) is 0 Å². The fraction of sp³-hybridized carbons (Fsp3) is 0.941. The van der Waals surface area contributed by atoms with E-state index in [0.29, 0.717) is 6.04 Å². The summed E-state index contributed by atoms with van der Waals surface area (Å²) in [7, 11) is 1.93. The molecular weight excluding hydrogens is 276 g/mol. The first-order chi connectivity index (χ1) is 10.8. The number of nitrogens with zero attached hydrogens (tertiary/aromatic N) is 3. The number of guanidine groups is 1. The molecule has 0 aromatic carbocycles. The van der Waals surface area contributed by atoms with Crippen LogP contribution in [0.2, 0.25) is 0 Å². The highest BCUT2D eigenvalue weighted by atomic mass is 16.5. The van der Waals surface area contributed by atoms with E-state index in [9.17, 15) is 0 Å². The minimum Gasteiger partial charge on any atom is -0.379 e. The van der Waals surface area contributed by atoms with E-state index in [2.05, 4.69) is 27.0 Å². The van der Waals surface area contributed by atoms with Crippen LogP contribution in [0.25, 0.3) is 0 Å². The van der Waals surface area contributed by atoms with Crippen molar-refractivity contribution in [1.29, 1.82) is 0 Å². The van der Waals surface area contributed by atoms with Gasteiger partial charge in [-0.1, -0.05) is 13.3 Å². The second-order valence-corrected chi connectivity index (χ2v) is 7.10. The summed E-state index contributed by atoms with van der Waals surface area (Å²) in [6, 6.07) is 0.678. The smallest absolute Gasteiger partial charge is 0.193 e. The number of hydrogen-bond donors (Lipinski definition) is 1. The van der Waals surface area contributed by atoms with Crippen LogP contribution in [0.15, 0.2) is 4.99 Å². The van der Waals surface area contributed by atoms with Gasteiger partial charge in [-0.15, -0.1) is 0 Å². The lowest BCUT2D eigenvalue weighted by Gasteiger charge is -2.29. The third-order valence-electron chi connectivity index (χ3n) is 5.31. The lowest BCUT2D eigenvalue weighted by molar-refractivity contribution is 0.0315. The Bertz CT molecular complexity index is 381. The third kappa shape index (κ3) is 4.13. The van der Waals surface area contributed by atoms with Gasteiger partial charge in [0, 0.05) is 45.8 Å². The lowest BCUT2D eigenvalue weighted by Crippen LogP contribution is -2.43. The first-order valence-electron chi connectivity index (χ1n) is 9.08. The van der Waals surface area contributed by atoms with E-state index in [-0.39, 0.29) is 0 Å². The quantitative estimate of drug-likeness (QED) is 0.616. The topological polar surface area (TPSA) is 40.1 Å². The van der Waals surface area contributed by atoms with E-state index in [1.54, 1.807) is 0 Å². The van der Waals surface area contributed by atoms with Crippen molar-refractivity contribution >= 4 is 5.96 Å². The number of hydrogen-bond acceptors (Lipinski definition) is 3. The van der Waals surface area contributed by atoms with Gasteiger partial charge in [-0.2, -0.15) is 0 Å². The van der Waals surface area contributed by atoms with Gasteiger partial charge in [0.2, 0.25) is 0 Å². The number of rotatable bonds is 5. The van der Waals surface area contributed by atoms with Gasteiger partial charge in [-0.05, 0) is 31.1 Å². The number of nitrogens with one attached hydrogen (secondary N) is 1. The molecule has 3 atom stereocenters. The largest absolute Gasteiger partial charge is 0.379 e. The Balaban J connectivity index is 1.42. The molecule has 1 N–H and O–H groups in total. The summed E-state index contributed by atoms with van der Waals surface area (Å²) in [6.45, 7) is 9.82. The van der Waals surface area contributed by atoms with Gasteiger partial charge < -0.3 is 15.0 Å². The van der Waals surface area contributed by atoms with E-state index < -0.39 is 0 Å². The molecule has 0 spiro atoms. The summed E-state index contributed by atoms with van der Waals surface area (Å²) < 4.78 is 5.44. The summed E-state index contributed by atoms with van der Waals surface area (Å²) in [5.74, 6) is 2.80. The predicted molar refractivity (Wildman–Crippen MR) is 90.2 cm³/mol. The van der Waals surface area contributed by atoms with Crippen LogP contribution >= 0.6 is 0 Å². The van der Waals surface area contributed by atoms with E-state index >= 15 is 0 Å². The zero-order chi connectivity index (χ0) is 15.4. The molecule has 3 aliphatic rings. The zero-order valence-corrected chi connectivity index (χ0v) is 14.3. The number of aliphatic imine (C=N–C) groups is 1. The highest BCUT2D eigenvalue weighted by molar-refractivity contribution is 5.80. The Morgan fingerprint density at radius 1 is 1.27 bits per heavy atom. The Morgan fingerprint density at radius 3 is 2.82 bits per heavy atom. The molecule has 2 saturated heterocycles. The molecule has 0 bridgehead atoms. The molecule has 22 heavy (non-hydrogen) atoms. The molecule has 3 fully saturated rings. The first kappa shape index (κ1) is 16.1. The van der Waals surface area contributed by atoms with Gasteiger partial charge in [0.1, 0.15) is 0 Å². The van der Waals surface area contributed by atoms with E-state index in [0.717, 1.165) is 57.2 Å². The summed E-state index contributed by atoms with van der Waals surface area (Å²) >= 11 is 0. The van der Waals surface area contributed by atoms with Crippen molar-refractivity contribution in [2.24, 2.45) is 16.8 Å². The SMILES string of the molecule is CCCC1CC1NC(=NC)N1CCC(CN2CCOCC2)C1. The fourth-order valence-corrected chi connectivity index (χ4v) is 3.90. The van der Waals surface area contributed by atoms with Crippen molar-refractivity contribution in [3.8, 4) is 0 Å². The molecule has 1 aliphatic carbocycles.